The largest absolute Gasteiger partial charge is 0.433 e. The molecule has 0 aliphatic heterocycles. The summed E-state index contributed by atoms with van der Waals surface area (Å²) in [5.41, 5.74) is -2.03. The Bertz CT molecular complexity index is 391. The van der Waals surface area contributed by atoms with Gasteiger partial charge in [-0.25, -0.2) is 13.8 Å². The minimum atomic E-state index is -4.66. The second-order valence-electron chi connectivity index (χ2n) is 2.81. The molecule has 0 atom stereocenters. The first kappa shape index (κ1) is 13.8. The summed E-state index contributed by atoms with van der Waals surface area (Å²) >= 11 is 5.41. The van der Waals surface area contributed by atoms with Gasteiger partial charge in [-0.05, 0) is 27.6 Å². The van der Waals surface area contributed by atoms with Crippen molar-refractivity contribution in [3.8, 4) is 0 Å². The fraction of sp³-hybridized carbons (Fsp3) is 0.375. The molecule has 0 amide bonds. The van der Waals surface area contributed by atoms with E-state index < -0.39 is 28.5 Å². The quantitative estimate of drug-likeness (QED) is 0.419. The van der Waals surface area contributed by atoms with Crippen molar-refractivity contribution < 1.29 is 22.0 Å². The molecular formula is C8H4Br2F5N. The lowest BCUT2D eigenvalue weighted by molar-refractivity contribution is -0.141. The molecule has 8 heteroatoms. The summed E-state index contributed by atoms with van der Waals surface area (Å²) in [6.07, 6.45) is -7.53. The molecule has 0 unspecified atom stereocenters. The average Bonchev–Trinajstić information content (AvgIpc) is 2.15. The molecule has 0 saturated carbocycles. The molecule has 1 nitrogen and oxygen atoms in total. The number of pyridine rings is 1. The van der Waals surface area contributed by atoms with Gasteiger partial charge in [-0.2, -0.15) is 13.2 Å². The summed E-state index contributed by atoms with van der Waals surface area (Å²) in [5, 5.41) is -0.193. The summed E-state index contributed by atoms with van der Waals surface area (Å²) in [6.45, 7) is 0. The van der Waals surface area contributed by atoms with Crippen molar-refractivity contribution in [3.63, 3.8) is 0 Å². The fourth-order valence-electron chi connectivity index (χ4n) is 1.05. The van der Waals surface area contributed by atoms with E-state index in [-0.39, 0.29) is 10.9 Å². The third-order valence-electron chi connectivity index (χ3n) is 1.73. The number of halogens is 7. The van der Waals surface area contributed by atoms with Crippen molar-refractivity contribution >= 4 is 31.9 Å². The van der Waals surface area contributed by atoms with Crippen LogP contribution in [0.3, 0.4) is 0 Å². The Morgan fingerprint density at radius 3 is 2.25 bits per heavy atom. The lowest BCUT2D eigenvalue weighted by Gasteiger charge is -2.13. The highest BCUT2D eigenvalue weighted by molar-refractivity contribution is 9.10. The summed E-state index contributed by atoms with van der Waals surface area (Å²) < 4.78 is 61.7. The number of alkyl halides is 6. The standard InChI is InChI=1S/C8H4Br2F5N/c9-2-3-1-4(7(11)12)6(10)16-5(3)8(13,14)15/h1,7H,2H2. The topological polar surface area (TPSA) is 12.9 Å². The maximum atomic E-state index is 12.5. The van der Waals surface area contributed by atoms with Crippen LogP contribution in [0.4, 0.5) is 22.0 Å². The van der Waals surface area contributed by atoms with E-state index in [1.165, 1.54) is 0 Å². The number of nitrogens with zero attached hydrogens (tertiary/aromatic N) is 1. The average molecular weight is 369 g/mol. The minimum absolute atomic E-state index is 0.193. The third-order valence-corrected chi connectivity index (χ3v) is 2.97. The SMILES string of the molecule is FC(F)c1cc(CBr)c(C(F)(F)F)nc1Br. The van der Waals surface area contributed by atoms with Gasteiger partial charge in [0.25, 0.3) is 6.43 Å². The second kappa shape index (κ2) is 4.95. The smallest absolute Gasteiger partial charge is 0.236 e. The predicted octanol–water partition coefficient (Wildman–Crippen LogP) is 4.70. The van der Waals surface area contributed by atoms with Crippen molar-refractivity contribution in [1.82, 2.24) is 4.98 Å². The van der Waals surface area contributed by atoms with E-state index in [4.69, 9.17) is 0 Å². The Labute approximate surface area is 104 Å². The number of aromatic nitrogens is 1. The van der Waals surface area contributed by atoms with Crippen LogP contribution in [0.15, 0.2) is 10.7 Å². The lowest BCUT2D eigenvalue weighted by atomic mass is 10.1. The van der Waals surface area contributed by atoms with Crippen LogP contribution in [-0.2, 0) is 11.5 Å². The van der Waals surface area contributed by atoms with Crippen LogP contribution >= 0.6 is 31.9 Å². The van der Waals surface area contributed by atoms with Crippen molar-refractivity contribution in [2.24, 2.45) is 0 Å². The lowest BCUT2D eigenvalue weighted by Crippen LogP contribution is -2.13. The van der Waals surface area contributed by atoms with Crippen LogP contribution in [0.1, 0.15) is 23.2 Å². The van der Waals surface area contributed by atoms with Gasteiger partial charge in [0.15, 0.2) is 0 Å². The van der Waals surface area contributed by atoms with Gasteiger partial charge >= 0.3 is 6.18 Å². The van der Waals surface area contributed by atoms with Gasteiger partial charge < -0.3 is 0 Å². The van der Waals surface area contributed by atoms with Gasteiger partial charge in [0.2, 0.25) is 0 Å². The van der Waals surface area contributed by atoms with Crippen LogP contribution < -0.4 is 0 Å². The molecule has 0 aliphatic rings. The van der Waals surface area contributed by atoms with Crippen LogP contribution in [0.5, 0.6) is 0 Å². The van der Waals surface area contributed by atoms with Gasteiger partial charge in [-0.3, -0.25) is 0 Å². The van der Waals surface area contributed by atoms with Gasteiger partial charge in [-0.15, -0.1) is 0 Å². The zero-order chi connectivity index (χ0) is 12.5. The highest BCUT2D eigenvalue weighted by atomic mass is 79.9. The van der Waals surface area contributed by atoms with Crippen molar-refractivity contribution in [2.45, 2.75) is 17.9 Å². The molecule has 0 spiro atoms. The van der Waals surface area contributed by atoms with Crippen molar-refractivity contribution in [2.75, 3.05) is 0 Å². The molecule has 0 aliphatic carbocycles. The van der Waals surface area contributed by atoms with Crippen LogP contribution in [0, 0.1) is 0 Å². The monoisotopic (exact) mass is 367 g/mol. The maximum Gasteiger partial charge on any atom is 0.433 e. The second-order valence-corrected chi connectivity index (χ2v) is 4.12. The van der Waals surface area contributed by atoms with E-state index in [0.29, 0.717) is 0 Å². The Balaban J connectivity index is 3.38. The van der Waals surface area contributed by atoms with Crippen molar-refractivity contribution in [3.05, 3.63) is 27.5 Å². The minimum Gasteiger partial charge on any atom is -0.236 e. The van der Waals surface area contributed by atoms with E-state index in [0.717, 1.165) is 6.07 Å². The molecule has 0 bridgehead atoms. The molecule has 0 fully saturated rings. The zero-order valence-corrected chi connectivity index (χ0v) is 10.6. The highest BCUT2D eigenvalue weighted by Crippen LogP contribution is 2.36. The molecule has 16 heavy (non-hydrogen) atoms. The Hall–Kier alpha value is -0.240. The first-order chi connectivity index (χ1) is 7.27. The van der Waals surface area contributed by atoms with Crippen LogP contribution in [0.25, 0.3) is 0 Å². The van der Waals surface area contributed by atoms with E-state index in [1.807, 2.05) is 0 Å². The molecule has 1 aromatic heterocycles. The van der Waals surface area contributed by atoms with Crippen LogP contribution in [-0.4, -0.2) is 4.98 Å². The molecule has 0 saturated heterocycles. The van der Waals surface area contributed by atoms with Crippen LogP contribution in [0.2, 0.25) is 0 Å². The van der Waals surface area contributed by atoms with E-state index in [2.05, 4.69) is 36.8 Å². The first-order valence-electron chi connectivity index (χ1n) is 3.88. The maximum absolute atomic E-state index is 12.5. The summed E-state index contributed by atoms with van der Waals surface area (Å²) in [7, 11) is 0. The number of rotatable bonds is 2. The molecule has 1 heterocycles. The molecule has 0 N–H and O–H groups in total. The van der Waals surface area contributed by atoms with E-state index in [1.54, 1.807) is 0 Å². The van der Waals surface area contributed by atoms with Gasteiger partial charge in [0, 0.05) is 5.33 Å². The fourth-order valence-corrected chi connectivity index (χ4v) is 1.94. The molecule has 90 valence electrons. The Morgan fingerprint density at radius 2 is 1.88 bits per heavy atom. The van der Waals surface area contributed by atoms with Gasteiger partial charge in [0.05, 0.1) is 5.56 Å². The molecule has 0 aromatic carbocycles. The van der Waals surface area contributed by atoms with Crippen molar-refractivity contribution in [1.29, 1.82) is 0 Å². The molecule has 1 rings (SSSR count). The third kappa shape index (κ3) is 2.91. The predicted molar refractivity (Wildman–Crippen MR) is 54.5 cm³/mol. The summed E-state index contributed by atoms with van der Waals surface area (Å²) in [4.78, 5) is 3.12. The number of hydrogen-bond donors (Lipinski definition) is 0. The summed E-state index contributed by atoms with van der Waals surface area (Å²) in [6, 6.07) is 0.791. The summed E-state index contributed by atoms with van der Waals surface area (Å²) in [5.74, 6) is 0. The van der Waals surface area contributed by atoms with Gasteiger partial charge in [0.1, 0.15) is 10.3 Å². The van der Waals surface area contributed by atoms with E-state index in [9.17, 15) is 22.0 Å². The molecule has 1 aromatic rings. The molecule has 0 radical (unpaired) electrons. The first-order valence-corrected chi connectivity index (χ1v) is 5.79. The normalized spacial score (nSPS) is 12.2. The molecular weight excluding hydrogens is 365 g/mol. The number of hydrogen-bond acceptors (Lipinski definition) is 1. The van der Waals surface area contributed by atoms with Gasteiger partial charge in [-0.1, -0.05) is 15.9 Å². The Kier molecular flexibility index (Phi) is 4.28. The Morgan fingerprint density at radius 1 is 1.31 bits per heavy atom. The highest BCUT2D eigenvalue weighted by Gasteiger charge is 2.36. The van der Waals surface area contributed by atoms with E-state index >= 15 is 0 Å². The zero-order valence-electron chi connectivity index (χ0n) is 7.45.